The van der Waals surface area contributed by atoms with E-state index in [1.54, 1.807) is 13.2 Å². The van der Waals surface area contributed by atoms with Crippen LogP contribution in [0, 0.1) is 18.3 Å². The first-order chi connectivity index (χ1) is 19.0. The summed E-state index contributed by atoms with van der Waals surface area (Å²) in [5, 5.41) is 6.48. The molecule has 39 heavy (non-hydrogen) atoms. The fourth-order valence-electron chi connectivity index (χ4n) is 5.35. The van der Waals surface area contributed by atoms with Crippen molar-refractivity contribution in [1.29, 1.82) is 0 Å². The minimum Gasteiger partial charge on any atom is -0.496 e. The van der Waals surface area contributed by atoms with E-state index >= 15 is 0 Å². The highest BCUT2D eigenvalue weighted by Crippen LogP contribution is 2.29. The summed E-state index contributed by atoms with van der Waals surface area (Å²) in [6, 6.07) is 15.6. The largest absolute Gasteiger partial charge is 0.496 e. The van der Waals surface area contributed by atoms with Crippen molar-refractivity contribution < 1.29 is 23.9 Å². The van der Waals surface area contributed by atoms with Crippen LogP contribution in [0.3, 0.4) is 0 Å². The Morgan fingerprint density at radius 1 is 1.21 bits per heavy atom. The number of aromatic nitrogens is 1. The highest BCUT2D eigenvalue weighted by Gasteiger charge is 2.41. The number of benzene rings is 2. The second-order valence-corrected chi connectivity index (χ2v) is 9.97. The Hall–Kier alpha value is -4.29. The van der Waals surface area contributed by atoms with Crippen molar-refractivity contribution in [3.05, 3.63) is 65.9 Å². The smallest absolute Gasteiger partial charge is 0.271 e. The van der Waals surface area contributed by atoms with Gasteiger partial charge >= 0.3 is 0 Å². The highest BCUT2D eigenvalue weighted by molar-refractivity contribution is 6.01. The van der Waals surface area contributed by atoms with E-state index in [0.29, 0.717) is 43.9 Å². The molecule has 2 saturated heterocycles. The zero-order valence-electron chi connectivity index (χ0n) is 21.8. The summed E-state index contributed by atoms with van der Waals surface area (Å²) in [4.78, 5) is 44.0. The van der Waals surface area contributed by atoms with Gasteiger partial charge in [-0.2, -0.15) is 0 Å². The molecule has 9 nitrogen and oxygen atoms in total. The van der Waals surface area contributed by atoms with E-state index in [1.165, 1.54) is 4.90 Å². The minimum absolute atomic E-state index is 0.0502. The van der Waals surface area contributed by atoms with Crippen molar-refractivity contribution in [2.75, 3.05) is 20.2 Å². The lowest BCUT2D eigenvalue weighted by atomic mass is 9.98. The molecule has 0 saturated carbocycles. The molecular formula is C30H32N4O5. The van der Waals surface area contributed by atoms with Gasteiger partial charge in [-0.1, -0.05) is 42.3 Å². The lowest BCUT2D eigenvalue weighted by molar-refractivity contribution is -0.126. The zero-order valence-corrected chi connectivity index (χ0v) is 21.8. The summed E-state index contributed by atoms with van der Waals surface area (Å²) < 4.78 is 11.6. The second-order valence-electron chi connectivity index (χ2n) is 9.97. The van der Waals surface area contributed by atoms with Gasteiger partial charge in [0.25, 0.3) is 5.91 Å². The first kappa shape index (κ1) is 26.3. The SMILES string of the molecule is C#CC(CC1CCNC1=O)NC(=O)C1CC(OCc2ccccc2)CN1C(=O)c1cc2c(OC)cccc2[nH]1. The van der Waals surface area contributed by atoms with Gasteiger partial charge in [0.1, 0.15) is 17.5 Å². The van der Waals surface area contributed by atoms with Gasteiger partial charge in [0.15, 0.2) is 0 Å². The molecule has 3 aromatic rings. The molecule has 1 aromatic heterocycles. The molecule has 4 unspecified atom stereocenters. The molecule has 9 heteroatoms. The average Bonchev–Trinajstić information content (AvgIpc) is 3.70. The van der Waals surface area contributed by atoms with Gasteiger partial charge in [-0.25, -0.2) is 0 Å². The number of nitrogens with one attached hydrogen (secondary N) is 3. The van der Waals surface area contributed by atoms with Crippen LogP contribution >= 0.6 is 0 Å². The monoisotopic (exact) mass is 528 g/mol. The number of nitrogens with zero attached hydrogens (tertiary/aromatic N) is 1. The van der Waals surface area contributed by atoms with Crippen LogP contribution in [-0.4, -0.2) is 66.0 Å². The van der Waals surface area contributed by atoms with Crippen molar-refractivity contribution >= 4 is 28.6 Å². The topological polar surface area (TPSA) is 113 Å². The molecule has 0 radical (unpaired) electrons. The predicted molar refractivity (Wildman–Crippen MR) is 146 cm³/mol. The molecular weight excluding hydrogens is 496 g/mol. The molecule has 2 aliphatic heterocycles. The van der Waals surface area contributed by atoms with E-state index in [0.717, 1.165) is 16.5 Å². The van der Waals surface area contributed by atoms with E-state index in [1.807, 2.05) is 48.5 Å². The molecule has 202 valence electrons. The zero-order chi connectivity index (χ0) is 27.4. The molecule has 0 bridgehead atoms. The van der Waals surface area contributed by atoms with Crippen molar-refractivity contribution in [2.24, 2.45) is 5.92 Å². The summed E-state index contributed by atoms with van der Waals surface area (Å²) in [5.41, 5.74) is 2.12. The van der Waals surface area contributed by atoms with Crippen LogP contribution in [0.5, 0.6) is 5.75 Å². The summed E-state index contributed by atoms with van der Waals surface area (Å²) in [6.07, 6.45) is 6.74. The van der Waals surface area contributed by atoms with E-state index in [-0.39, 0.29) is 36.3 Å². The Morgan fingerprint density at radius 2 is 2.03 bits per heavy atom. The maximum atomic E-state index is 13.8. The molecule has 4 atom stereocenters. The van der Waals surface area contributed by atoms with Crippen LogP contribution in [0.2, 0.25) is 0 Å². The number of likely N-dealkylation sites (tertiary alicyclic amines) is 1. The fourth-order valence-corrected chi connectivity index (χ4v) is 5.35. The second kappa shape index (κ2) is 11.6. The molecule has 2 aromatic carbocycles. The Labute approximate surface area is 227 Å². The Bertz CT molecular complexity index is 1400. The molecule has 2 fully saturated rings. The summed E-state index contributed by atoms with van der Waals surface area (Å²) in [5.74, 6) is 2.29. The molecule has 5 rings (SSSR count). The van der Waals surface area contributed by atoms with Gasteiger partial charge in [0.05, 0.1) is 25.9 Å². The van der Waals surface area contributed by atoms with Crippen LogP contribution < -0.4 is 15.4 Å². The van der Waals surface area contributed by atoms with Gasteiger partial charge in [0, 0.05) is 36.3 Å². The number of H-pyrrole nitrogens is 1. The standard InChI is InChI=1S/C30H32N4O5/c1-3-21(14-20-12-13-31-28(20)35)32-29(36)26-15-22(39-18-19-8-5-4-6-9-19)17-34(26)30(37)25-16-23-24(33-25)10-7-11-27(23)38-2/h1,4-11,16,20-22,26,33H,12-15,17-18H2,2H3,(H,31,35)(H,32,36). The lowest BCUT2D eigenvalue weighted by Gasteiger charge is -2.25. The number of aromatic amines is 1. The molecule has 0 spiro atoms. The number of hydrogen-bond donors (Lipinski definition) is 3. The molecule has 0 aliphatic carbocycles. The van der Waals surface area contributed by atoms with Gasteiger partial charge in [-0.15, -0.1) is 6.42 Å². The van der Waals surface area contributed by atoms with Gasteiger partial charge in [-0.05, 0) is 36.6 Å². The summed E-state index contributed by atoms with van der Waals surface area (Å²) in [7, 11) is 1.58. The number of rotatable bonds is 9. The van der Waals surface area contributed by atoms with E-state index in [4.69, 9.17) is 15.9 Å². The average molecular weight is 529 g/mol. The fraction of sp³-hybridized carbons (Fsp3) is 0.367. The van der Waals surface area contributed by atoms with Gasteiger partial charge < -0.3 is 30.0 Å². The number of fused-ring (bicyclic) bond motifs is 1. The lowest BCUT2D eigenvalue weighted by Crippen LogP contribution is -2.49. The minimum atomic E-state index is -0.778. The van der Waals surface area contributed by atoms with Gasteiger partial charge in [-0.3, -0.25) is 14.4 Å². The number of terminal acetylenes is 1. The van der Waals surface area contributed by atoms with E-state index in [2.05, 4.69) is 21.5 Å². The van der Waals surface area contributed by atoms with Crippen molar-refractivity contribution in [1.82, 2.24) is 20.5 Å². The Kier molecular flexibility index (Phi) is 7.84. The van der Waals surface area contributed by atoms with E-state index in [9.17, 15) is 14.4 Å². The first-order valence-electron chi connectivity index (χ1n) is 13.1. The third kappa shape index (κ3) is 5.76. The van der Waals surface area contributed by atoms with Crippen LogP contribution in [0.25, 0.3) is 10.9 Å². The Balaban J connectivity index is 1.35. The van der Waals surface area contributed by atoms with Gasteiger partial charge in [0.2, 0.25) is 11.8 Å². The molecule has 3 heterocycles. The highest BCUT2D eigenvalue weighted by atomic mass is 16.5. The summed E-state index contributed by atoms with van der Waals surface area (Å²) in [6.45, 7) is 1.23. The molecule has 2 aliphatic rings. The van der Waals surface area contributed by atoms with Crippen molar-refractivity contribution in [3.8, 4) is 18.1 Å². The number of methoxy groups -OCH3 is 1. The maximum absolute atomic E-state index is 13.8. The quantitative estimate of drug-likeness (QED) is 0.370. The molecule has 3 N–H and O–H groups in total. The van der Waals surface area contributed by atoms with Crippen LogP contribution in [0.1, 0.15) is 35.3 Å². The number of amides is 3. The number of carbonyl (C=O) groups is 3. The van der Waals surface area contributed by atoms with Crippen molar-refractivity contribution in [2.45, 2.75) is 44.1 Å². The first-order valence-corrected chi connectivity index (χ1v) is 13.1. The van der Waals surface area contributed by atoms with Crippen LogP contribution in [-0.2, 0) is 20.9 Å². The summed E-state index contributed by atoms with van der Waals surface area (Å²) >= 11 is 0. The van der Waals surface area contributed by atoms with E-state index < -0.39 is 12.1 Å². The van der Waals surface area contributed by atoms with Crippen LogP contribution in [0.4, 0.5) is 0 Å². The maximum Gasteiger partial charge on any atom is 0.271 e. The van der Waals surface area contributed by atoms with Crippen LogP contribution in [0.15, 0.2) is 54.6 Å². The molecule has 3 amide bonds. The number of carbonyl (C=O) groups excluding carboxylic acids is 3. The third-order valence-electron chi connectivity index (χ3n) is 7.43. The Morgan fingerprint density at radius 3 is 2.74 bits per heavy atom. The number of hydrogen-bond acceptors (Lipinski definition) is 5. The van der Waals surface area contributed by atoms with Crippen molar-refractivity contribution in [3.63, 3.8) is 0 Å². The normalized spacial score (nSPS) is 21.4. The number of ether oxygens (including phenoxy) is 2. The predicted octanol–water partition coefficient (Wildman–Crippen LogP) is 2.62. The third-order valence-corrected chi connectivity index (χ3v) is 7.43.